The molecule has 7 nitrogen and oxygen atoms in total. The molecule has 1 spiro atoms. The van der Waals surface area contributed by atoms with Crippen LogP contribution in [0.25, 0.3) is 6.08 Å². The molecule has 1 N–H and O–H groups in total. The first-order valence-electron chi connectivity index (χ1n) is 12.3. The highest BCUT2D eigenvalue weighted by Gasteiger charge is 2.70. The van der Waals surface area contributed by atoms with Crippen molar-refractivity contribution in [2.75, 3.05) is 24.4 Å². The number of nitrogens with zero attached hydrogens (tertiary/aromatic N) is 1. The van der Waals surface area contributed by atoms with Crippen LogP contribution >= 0.6 is 11.6 Å². The predicted octanol–water partition coefficient (Wildman–Crippen LogP) is 4.92. The minimum Gasteiger partial charge on any atom is -0.497 e. The van der Waals surface area contributed by atoms with Crippen molar-refractivity contribution in [2.45, 2.75) is 24.4 Å². The summed E-state index contributed by atoms with van der Waals surface area (Å²) in [6, 6.07) is 16.2. The summed E-state index contributed by atoms with van der Waals surface area (Å²) in [6.45, 7) is 1.47. The summed E-state index contributed by atoms with van der Waals surface area (Å²) in [7, 11) is 2.99. The van der Waals surface area contributed by atoms with E-state index in [0.29, 0.717) is 27.8 Å². The molecule has 1 amide bonds. The third-order valence-electron chi connectivity index (χ3n) is 7.97. The number of methoxy groups -OCH3 is 2. The van der Waals surface area contributed by atoms with E-state index in [0.717, 1.165) is 11.3 Å². The Morgan fingerprint density at radius 2 is 1.82 bits per heavy atom. The molecular formula is C30H25ClN2O5. The van der Waals surface area contributed by atoms with Gasteiger partial charge in [0, 0.05) is 16.4 Å². The molecule has 0 aromatic heterocycles. The van der Waals surface area contributed by atoms with Gasteiger partial charge in [0.05, 0.1) is 37.8 Å². The van der Waals surface area contributed by atoms with E-state index in [2.05, 4.69) is 5.32 Å². The number of ketones is 2. The summed E-state index contributed by atoms with van der Waals surface area (Å²) in [4.78, 5) is 44.3. The Morgan fingerprint density at radius 1 is 1.03 bits per heavy atom. The fraction of sp³-hybridized carbons (Fsp3) is 0.233. The standard InChI is InChI=1S/C30H25ClN2O5/c1-16(34)27-26(28(35)20-15-19(37-2)10-12-24(20)38-3)30(21-6-4-5-7-22(21)32-29(30)36)25-13-8-17-14-18(31)9-11-23(17)33(25)27/h4-15,25-27H,1-3H3,(H,32,36)/t25-,26-,27-,30-/m1/s1. The van der Waals surface area contributed by atoms with Crippen LogP contribution in [0.3, 0.4) is 0 Å². The maximum atomic E-state index is 14.7. The molecule has 0 unspecified atom stereocenters. The van der Waals surface area contributed by atoms with Crippen LogP contribution in [0, 0.1) is 5.92 Å². The molecule has 4 atom stereocenters. The van der Waals surface area contributed by atoms with Gasteiger partial charge in [-0.1, -0.05) is 42.0 Å². The molecule has 1 fully saturated rings. The van der Waals surface area contributed by atoms with Crippen LogP contribution < -0.4 is 19.7 Å². The molecule has 3 aliphatic rings. The molecule has 0 radical (unpaired) electrons. The van der Waals surface area contributed by atoms with Crippen molar-refractivity contribution in [1.82, 2.24) is 0 Å². The topological polar surface area (TPSA) is 84.9 Å². The molecule has 8 heteroatoms. The van der Waals surface area contributed by atoms with Gasteiger partial charge in [0.25, 0.3) is 0 Å². The summed E-state index contributed by atoms with van der Waals surface area (Å²) in [5.74, 6) is -1.16. The number of para-hydroxylation sites is 1. The first-order valence-corrected chi connectivity index (χ1v) is 12.6. The highest BCUT2D eigenvalue weighted by atomic mass is 35.5. The summed E-state index contributed by atoms with van der Waals surface area (Å²) in [5.41, 5.74) is 1.75. The highest BCUT2D eigenvalue weighted by Crippen LogP contribution is 2.58. The molecule has 38 heavy (non-hydrogen) atoms. The Hall–Kier alpha value is -4.10. The quantitative estimate of drug-likeness (QED) is 0.473. The number of halogens is 1. The first kappa shape index (κ1) is 24.2. The van der Waals surface area contributed by atoms with Crippen molar-refractivity contribution >= 4 is 46.5 Å². The number of ether oxygens (including phenoxy) is 2. The van der Waals surface area contributed by atoms with Crippen LogP contribution in [0.1, 0.15) is 28.4 Å². The van der Waals surface area contributed by atoms with Crippen molar-refractivity contribution in [2.24, 2.45) is 5.92 Å². The summed E-state index contributed by atoms with van der Waals surface area (Å²) < 4.78 is 11.0. The van der Waals surface area contributed by atoms with Crippen LogP contribution in [-0.2, 0) is 15.0 Å². The van der Waals surface area contributed by atoms with Gasteiger partial charge in [-0.25, -0.2) is 0 Å². The third-order valence-corrected chi connectivity index (χ3v) is 8.20. The van der Waals surface area contributed by atoms with Crippen molar-refractivity contribution in [3.05, 3.63) is 88.5 Å². The molecular weight excluding hydrogens is 504 g/mol. The maximum Gasteiger partial charge on any atom is 0.238 e. The van der Waals surface area contributed by atoms with Crippen molar-refractivity contribution in [3.63, 3.8) is 0 Å². The van der Waals surface area contributed by atoms with Crippen molar-refractivity contribution in [1.29, 1.82) is 0 Å². The van der Waals surface area contributed by atoms with E-state index in [9.17, 15) is 14.4 Å². The number of carbonyl (C=O) groups is 3. The number of fused-ring (bicyclic) bond motifs is 6. The monoisotopic (exact) mass is 528 g/mol. The highest BCUT2D eigenvalue weighted by molar-refractivity contribution is 6.31. The molecule has 0 aliphatic carbocycles. The van der Waals surface area contributed by atoms with Crippen LogP contribution in [-0.4, -0.2) is 43.8 Å². The number of anilines is 2. The first-order chi connectivity index (χ1) is 18.3. The zero-order chi connectivity index (χ0) is 26.8. The van der Waals surface area contributed by atoms with E-state index in [1.54, 1.807) is 24.3 Å². The molecule has 3 aromatic rings. The van der Waals surface area contributed by atoms with E-state index < -0.39 is 23.4 Å². The lowest BCUT2D eigenvalue weighted by molar-refractivity contribution is -0.122. The molecule has 3 heterocycles. The lowest BCUT2D eigenvalue weighted by Crippen LogP contribution is -2.51. The molecule has 192 valence electrons. The maximum absolute atomic E-state index is 14.7. The lowest BCUT2D eigenvalue weighted by Gasteiger charge is -2.37. The minimum atomic E-state index is -1.37. The van der Waals surface area contributed by atoms with Gasteiger partial charge >= 0.3 is 0 Å². The zero-order valence-electron chi connectivity index (χ0n) is 21.0. The van der Waals surface area contributed by atoms with E-state index >= 15 is 0 Å². The fourth-order valence-electron chi connectivity index (χ4n) is 6.48. The molecule has 6 rings (SSSR count). The van der Waals surface area contributed by atoms with Crippen molar-refractivity contribution < 1.29 is 23.9 Å². The summed E-state index contributed by atoms with van der Waals surface area (Å²) in [5, 5.41) is 3.56. The summed E-state index contributed by atoms with van der Waals surface area (Å²) >= 11 is 6.29. The fourth-order valence-corrected chi connectivity index (χ4v) is 6.66. The number of nitrogens with one attached hydrogen (secondary N) is 1. The number of hydrogen-bond acceptors (Lipinski definition) is 6. The molecule has 0 bridgehead atoms. The van der Waals surface area contributed by atoms with Crippen LogP contribution in [0.4, 0.5) is 11.4 Å². The van der Waals surface area contributed by atoms with Crippen LogP contribution in [0.15, 0.2) is 66.7 Å². The SMILES string of the molecule is COc1ccc(OC)c(C(=O)[C@H]2[C@@H](C(C)=O)N3c4ccc(Cl)cc4C=C[C@@H]3[C@@]23C(=O)Nc2ccccc23)c1. The van der Waals surface area contributed by atoms with Gasteiger partial charge in [-0.3, -0.25) is 14.4 Å². The average molecular weight is 529 g/mol. The number of benzene rings is 3. The molecule has 3 aliphatic heterocycles. The van der Waals surface area contributed by atoms with Gasteiger partial charge in [-0.05, 0) is 60.5 Å². The number of carbonyl (C=O) groups excluding carboxylic acids is 3. The Kier molecular flexibility index (Phi) is 5.58. The van der Waals surface area contributed by atoms with E-state index in [1.165, 1.54) is 21.1 Å². The van der Waals surface area contributed by atoms with Gasteiger partial charge in [0.15, 0.2) is 11.6 Å². The van der Waals surface area contributed by atoms with Gasteiger partial charge in [0.2, 0.25) is 5.91 Å². The Bertz CT molecular complexity index is 1550. The Balaban J connectivity index is 1.66. The zero-order valence-corrected chi connectivity index (χ0v) is 21.8. The van der Waals surface area contributed by atoms with E-state index in [1.807, 2.05) is 53.5 Å². The van der Waals surface area contributed by atoms with E-state index in [-0.39, 0.29) is 23.0 Å². The number of amides is 1. The lowest BCUT2D eigenvalue weighted by atomic mass is 9.64. The average Bonchev–Trinajstić information content (AvgIpc) is 3.40. The van der Waals surface area contributed by atoms with Gasteiger partial charge in [-0.2, -0.15) is 0 Å². The largest absolute Gasteiger partial charge is 0.497 e. The smallest absolute Gasteiger partial charge is 0.238 e. The van der Waals surface area contributed by atoms with Gasteiger partial charge in [0.1, 0.15) is 16.9 Å². The molecule has 3 aromatic carbocycles. The predicted molar refractivity (Wildman–Crippen MR) is 145 cm³/mol. The molecule has 0 saturated carbocycles. The number of Topliss-reactive ketones (excluding diaryl/α,β-unsaturated/α-hetero) is 2. The molecule has 1 saturated heterocycles. The Labute approximate surface area is 225 Å². The summed E-state index contributed by atoms with van der Waals surface area (Å²) in [6.07, 6.45) is 3.82. The second kappa shape index (κ2) is 8.74. The third kappa shape index (κ3) is 3.18. The normalized spacial score (nSPS) is 24.5. The van der Waals surface area contributed by atoms with Gasteiger partial charge < -0.3 is 19.7 Å². The minimum absolute atomic E-state index is 0.222. The second-order valence-corrected chi connectivity index (χ2v) is 10.2. The second-order valence-electron chi connectivity index (χ2n) is 9.75. The van der Waals surface area contributed by atoms with Crippen LogP contribution in [0.5, 0.6) is 11.5 Å². The van der Waals surface area contributed by atoms with Gasteiger partial charge in [-0.15, -0.1) is 0 Å². The van der Waals surface area contributed by atoms with Crippen LogP contribution in [0.2, 0.25) is 5.02 Å². The number of rotatable bonds is 5. The van der Waals surface area contributed by atoms with Crippen molar-refractivity contribution in [3.8, 4) is 11.5 Å². The van der Waals surface area contributed by atoms with E-state index in [4.69, 9.17) is 21.1 Å². The number of hydrogen-bond donors (Lipinski definition) is 1. The Morgan fingerprint density at radius 3 is 2.55 bits per heavy atom.